The van der Waals surface area contributed by atoms with Crippen LogP contribution >= 0.6 is 0 Å². The molecule has 0 aromatic heterocycles. The summed E-state index contributed by atoms with van der Waals surface area (Å²) in [6.07, 6.45) is 0.164. The van der Waals surface area contributed by atoms with E-state index in [0.29, 0.717) is 5.56 Å². The van der Waals surface area contributed by atoms with Gasteiger partial charge in [-0.3, -0.25) is 14.8 Å². The number of nitrogens with one attached hydrogen (secondary N) is 1. The molecule has 1 rings (SSSR count). The minimum Gasteiger partial charge on any atom is -0.469 e. The molecule has 2 N–H and O–H groups in total. The van der Waals surface area contributed by atoms with E-state index in [9.17, 15) is 9.59 Å². The molecule has 1 amide bonds. The fourth-order valence-electron chi connectivity index (χ4n) is 1.08. The minimum absolute atomic E-state index is 0.164. The van der Waals surface area contributed by atoms with E-state index in [1.807, 2.05) is 0 Å². The maximum absolute atomic E-state index is 11.0. The van der Waals surface area contributed by atoms with Crippen LogP contribution in [0.25, 0.3) is 0 Å². The van der Waals surface area contributed by atoms with Crippen LogP contribution in [0.4, 0.5) is 0 Å². The minimum atomic E-state index is -0.584. The molecule has 80 valence electrons. The molecular formula is C10H11NO4. The van der Waals surface area contributed by atoms with E-state index in [4.69, 9.17) is 5.21 Å². The summed E-state index contributed by atoms with van der Waals surface area (Å²) in [6, 6.07) is 6.29. The number of amides is 1. The highest BCUT2D eigenvalue weighted by Gasteiger charge is 2.05. The summed E-state index contributed by atoms with van der Waals surface area (Å²) in [5, 5.41) is 8.37. The van der Waals surface area contributed by atoms with Crippen LogP contribution in [0.3, 0.4) is 0 Å². The zero-order chi connectivity index (χ0) is 11.3. The third kappa shape index (κ3) is 3.07. The fourth-order valence-corrected chi connectivity index (χ4v) is 1.08. The third-order valence-corrected chi connectivity index (χ3v) is 1.89. The second-order valence-electron chi connectivity index (χ2n) is 2.89. The molecule has 1 aromatic carbocycles. The van der Waals surface area contributed by atoms with Crippen LogP contribution in [0.15, 0.2) is 24.3 Å². The van der Waals surface area contributed by atoms with Gasteiger partial charge in [0.15, 0.2) is 0 Å². The number of carbonyl (C=O) groups is 2. The molecule has 0 radical (unpaired) electrons. The molecule has 0 aliphatic carbocycles. The number of ether oxygens (including phenoxy) is 1. The molecular weight excluding hydrogens is 198 g/mol. The maximum Gasteiger partial charge on any atom is 0.309 e. The molecule has 0 heterocycles. The van der Waals surface area contributed by atoms with Crippen LogP contribution in [0, 0.1) is 0 Å². The fraction of sp³-hybridized carbons (Fsp3) is 0.200. The lowest BCUT2D eigenvalue weighted by atomic mass is 10.1. The van der Waals surface area contributed by atoms with Crippen molar-refractivity contribution < 1.29 is 19.5 Å². The van der Waals surface area contributed by atoms with Crippen LogP contribution in [-0.2, 0) is 16.0 Å². The number of rotatable bonds is 3. The molecule has 15 heavy (non-hydrogen) atoms. The van der Waals surface area contributed by atoms with Crippen LogP contribution in [0.2, 0.25) is 0 Å². The van der Waals surface area contributed by atoms with Gasteiger partial charge in [-0.15, -0.1) is 0 Å². The third-order valence-electron chi connectivity index (χ3n) is 1.89. The first kappa shape index (κ1) is 11.2. The first-order chi connectivity index (χ1) is 7.17. The zero-order valence-electron chi connectivity index (χ0n) is 8.19. The van der Waals surface area contributed by atoms with Gasteiger partial charge in [0.25, 0.3) is 5.91 Å². The largest absolute Gasteiger partial charge is 0.469 e. The van der Waals surface area contributed by atoms with Crippen LogP contribution in [-0.4, -0.2) is 24.2 Å². The Morgan fingerprint density at radius 2 is 1.93 bits per heavy atom. The summed E-state index contributed by atoms with van der Waals surface area (Å²) in [6.45, 7) is 0. The molecule has 0 unspecified atom stereocenters. The van der Waals surface area contributed by atoms with E-state index >= 15 is 0 Å². The summed E-state index contributed by atoms with van der Waals surface area (Å²) < 4.78 is 4.49. The highest BCUT2D eigenvalue weighted by atomic mass is 16.5. The average Bonchev–Trinajstić information content (AvgIpc) is 2.29. The second-order valence-corrected chi connectivity index (χ2v) is 2.89. The monoisotopic (exact) mass is 209 g/mol. The molecule has 1 aromatic rings. The Bertz CT molecular complexity index is 358. The summed E-state index contributed by atoms with van der Waals surface area (Å²) in [5.41, 5.74) is 2.59. The molecule has 0 aliphatic heterocycles. The van der Waals surface area contributed by atoms with Crippen molar-refractivity contribution in [1.29, 1.82) is 0 Å². The molecule has 0 bridgehead atoms. The highest BCUT2D eigenvalue weighted by Crippen LogP contribution is 2.05. The molecule has 0 saturated carbocycles. The normalized spacial score (nSPS) is 9.47. The Kier molecular flexibility index (Phi) is 3.82. The van der Waals surface area contributed by atoms with Gasteiger partial charge in [0.05, 0.1) is 13.5 Å². The summed E-state index contributed by atoms with van der Waals surface area (Å²) in [4.78, 5) is 21.9. The number of hydroxylamine groups is 1. The van der Waals surface area contributed by atoms with Gasteiger partial charge in [0, 0.05) is 5.56 Å². The van der Waals surface area contributed by atoms with Gasteiger partial charge in [-0.25, -0.2) is 5.48 Å². The topological polar surface area (TPSA) is 75.6 Å². The van der Waals surface area contributed by atoms with Crippen molar-refractivity contribution in [2.45, 2.75) is 6.42 Å². The number of hydrogen-bond donors (Lipinski definition) is 2. The predicted molar refractivity (Wildman–Crippen MR) is 51.4 cm³/mol. The Labute approximate surface area is 86.6 Å². The average molecular weight is 209 g/mol. The zero-order valence-corrected chi connectivity index (χ0v) is 8.19. The van der Waals surface area contributed by atoms with Gasteiger partial charge in [0.1, 0.15) is 0 Å². The maximum atomic E-state index is 11.0. The van der Waals surface area contributed by atoms with Gasteiger partial charge in [-0.05, 0) is 17.7 Å². The smallest absolute Gasteiger partial charge is 0.309 e. The van der Waals surface area contributed by atoms with Crippen molar-refractivity contribution in [3.63, 3.8) is 0 Å². The van der Waals surface area contributed by atoms with Crippen LogP contribution in [0.1, 0.15) is 15.9 Å². The highest BCUT2D eigenvalue weighted by molar-refractivity contribution is 5.93. The Morgan fingerprint density at radius 1 is 1.33 bits per heavy atom. The summed E-state index contributed by atoms with van der Waals surface area (Å²) >= 11 is 0. The van der Waals surface area contributed by atoms with E-state index in [1.54, 1.807) is 12.1 Å². The number of benzene rings is 1. The van der Waals surface area contributed by atoms with Crippen LogP contribution < -0.4 is 5.48 Å². The van der Waals surface area contributed by atoms with E-state index in [-0.39, 0.29) is 12.4 Å². The lowest BCUT2D eigenvalue weighted by Gasteiger charge is -2.01. The molecule has 0 saturated heterocycles. The number of methoxy groups -OCH3 is 1. The SMILES string of the molecule is COC(=O)Cc1ccc(C(=O)NO)cc1. The Morgan fingerprint density at radius 3 is 2.40 bits per heavy atom. The van der Waals surface area contributed by atoms with Crippen molar-refractivity contribution in [1.82, 2.24) is 5.48 Å². The first-order valence-corrected chi connectivity index (χ1v) is 4.27. The van der Waals surface area contributed by atoms with E-state index < -0.39 is 5.91 Å². The molecule has 0 aliphatic rings. The van der Waals surface area contributed by atoms with Crippen molar-refractivity contribution in [2.75, 3.05) is 7.11 Å². The van der Waals surface area contributed by atoms with E-state index in [1.165, 1.54) is 24.7 Å². The number of esters is 1. The van der Waals surface area contributed by atoms with Gasteiger partial charge < -0.3 is 4.74 Å². The van der Waals surface area contributed by atoms with E-state index in [0.717, 1.165) is 5.56 Å². The van der Waals surface area contributed by atoms with Gasteiger partial charge in [-0.1, -0.05) is 12.1 Å². The van der Waals surface area contributed by atoms with Crippen LogP contribution in [0.5, 0.6) is 0 Å². The lowest BCUT2D eigenvalue weighted by Crippen LogP contribution is -2.18. The summed E-state index contributed by atoms with van der Waals surface area (Å²) in [7, 11) is 1.32. The van der Waals surface area contributed by atoms with Crippen molar-refractivity contribution in [3.05, 3.63) is 35.4 Å². The quantitative estimate of drug-likeness (QED) is 0.432. The Hall–Kier alpha value is -1.88. The molecule has 0 atom stereocenters. The number of carbonyl (C=O) groups excluding carboxylic acids is 2. The molecule has 5 nitrogen and oxygen atoms in total. The van der Waals surface area contributed by atoms with Gasteiger partial charge in [0.2, 0.25) is 0 Å². The first-order valence-electron chi connectivity index (χ1n) is 4.27. The lowest BCUT2D eigenvalue weighted by molar-refractivity contribution is -0.139. The van der Waals surface area contributed by atoms with E-state index in [2.05, 4.69) is 4.74 Å². The second kappa shape index (κ2) is 5.11. The summed E-state index contributed by atoms with van der Waals surface area (Å²) in [5.74, 6) is -0.922. The van der Waals surface area contributed by atoms with Crippen molar-refractivity contribution in [3.8, 4) is 0 Å². The van der Waals surface area contributed by atoms with Crippen molar-refractivity contribution >= 4 is 11.9 Å². The molecule has 5 heteroatoms. The number of hydrogen-bond acceptors (Lipinski definition) is 4. The van der Waals surface area contributed by atoms with Gasteiger partial charge >= 0.3 is 5.97 Å². The standard InChI is InChI=1S/C10H11NO4/c1-15-9(12)6-7-2-4-8(5-3-7)10(13)11-14/h2-5,14H,6H2,1H3,(H,11,13). The van der Waals surface area contributed by atoms with Gasteiger partial charge in [-0.2, -0.15) is 0 Å². The predicted octanol–water partition coefficient (Wildman–Crippen LogP) is 0.521. The molecule has 0 fully saturated rings. The van der Waals surface area contributed by atoms with Crippen molar-refractivity contribution in [2.24, 2.45) is 0 Å². The molecule has 0 spiro atoms. The Balaban J connectivity index is 2.72.